The fraction of sp³-hybridized carbons (Fsp3) is 0.316. The van der Waals surface area contributed by atoms with E-state index in [1.54, 1.807) is 11.0 Å². The molecule has 0 atom stereocenters. The Morgan fingerprint density at radius 3 is 2.82 bits per heavy atom. The van der Waals surface area contributed by atoms with E-state index in [1.165, 1.54) is 6.07 Å². The molecule has 0 bridgehead atoms. The average molecular weight is 401 g/mol. The quantitative estimate of drug-likeness (QED) is 0.680. The molecule has 9 heteroatoms. The first-order chi connectivity index (χ1) is 14.6. The van der Waals surface area contributed by atoms with E-state index < -0.39 is 12.9 Å². The van der Waals surface area contributed by atoms with E-state index >= 15 is 0 Å². The Balaban J connectivity index is 1.70. The van der Waals surface area contributed by atoms with Crippen LogP contribution in [-0.2, 0) is 0 Å². The summed E-state index contributed by atoms with van der Waals surface area (Å²) in [6.45, 7) is 1.21. The highest BCUT2D eigenvalue weighted by Crippen LogP contribution is 2.35. The summed E-state index contributed by atoms with van der Waals surface area (Å²) in [5, 5.41) is 21.6. The van der Waals surface area contributed by atoms with Gasteiger partial charge in [0.2, 0.25) is 0 Å². The molecule has 1 aromatic carbocycles. The molecule has 0 saturated heterocycles. The number of nitrogens with one attached hydrogen (secondary N) is 2. The van der Waals surface area contributed by atoms with E-state index in [9.17, 15) is 4.79 Å². The van der Waals surface area contributed by atoms with Crippen LogP contribution < -0.4 is 10.6 Å². The smallest absolute Gasteiger partial charge is 0.273 e. The van der Waals surface area contributed by atoms with Gasteiger partial charge in [-0.05, 0) is 49.9 Å². The minimum Gasteiger partial charge on any atom is -0.354 e. The zero-order valence-electron chi connectivity index (χ0n) is 18.3. The summed E-state index contributed by atoms with van der Waals surface area (Å²) in [6, 6.07) is 5.72. The first-order valence-corrected chi connectivity index (χ1v) is 9.15. The van der Waals surface area contributed by atoms with Crippen molar-refractivity contribution in [2.24, 2.45) is 0 Å². The normalized spacial score (nSPS) is 15.5. The molecule has 4 rings (SSSR count). The maximum absolute atomic E-state index is 12.4. The number of carbonyl (C=O) groups excluding carboxylic acids is 1. The second-order valence-corrected chi connectivity index (χ2v) is 7.16. The van der Waals surface area contributed by atoms with Crippen molar-refractivity contribution in [3.63, 3.8) is 0 Å². The Kier molecular flexibility index (Phi) is 3.85. The number of aromatic nitrogens is 5. The number of amides is 1. The lowest BCUT2D eigenvalue weighted by Gasteiger charge is -2.15. The monoisotopic (exact) mass is 400 g/mol. The first-order valence-electron chi connectivity index (χ1n) is 10.3. The Morgan fingerprint density at radius 2 is 2.07 bits per heavy atom. The van der Waals surface area contributed by atoms with Crippen molar-refractivity contribution in [2.45, 2.75) is 32.7 Å². The molecule has 0 radical (unpaired) electrons. The van der Waals surface area contributed by atoms with Gasteiger partial charge in [-0.2, -0.15) is 15.0 Å². The second kappa shape index (κ2) is 7.20. The first kappa shape index (κ1) is 15.0. The molecule has 144 valence electrons. The number of benzene rings is 1. The van der Waals surface area contributed by atoms with Crippen molar-refractivity contribution in [3.05, 3.63) is 46.4 Å². The summed E-state index contributed by atoms with van der Waals surface area (Å²) in [5.41, 5.74) is 4.25. The van der Waals surface area contributed by atoms with Gasteiger partial charge in [-0.15, -0.1) is 10.2 Å². The maximum Gasteiger partial charge on any atom is 0.273 e. The molecule has 28 heavy (non-hydrogen) atoms. The van der Waals surface area contributed by atoms with Crippen LogP contribution in [0, 0.1) is 13.8 Å². The molecule has 1 aliphatic rings. The van der Waals surface area contributed by atoms with Crippen molar-refractivity contribution in [3.8, 4) is 11.3 Å². The van der Waals surface area contributed by atoms with Gasteiger partial charge in [0.15, 0.2) is 10.8 Å². The number of nitrogens with zero attached hydrogens (tertiary/aromatic N) is 5. The van der Waals surface area contributed by atoms with Crippen LogP contribution in [0.4, 0.5) is 11.4 Å². The van der Waals surface area contributed by atoms with E-state index in [-0.39, 0.29) is 16.5 Å². The van der Waals surface area contributed by atoms with E-state index in [1.807, 2.05) is 31.3 Å². The third-order valence-corrected chi connectivity index (χ3v) is 4.76. The Bertz CT molecular complexity index is 1160. The minimum atomic E-state index is -2.66. The highest BCUT2D eigenvalue weighted by atomic mass is 35.5. The Hall–Kier alpha value is -3.00. The van der Waals surface area contributed by atoms with Gasteiger partial charge in [-0.3, -0.25) is 4.79 Å². The van der Waals surface area contributed by atoms with Gasteiger partial charge in [0.1, 0.15) is 5.69 Å². The van der Waals surface area contributed by atoms with Crippen LogP contribution in [0.2, 0.25) is 5.15 Å². The van der Waals surface area contributed by atoms with Crippen molar-refractivity contribution < 1.29 is 8.91 Å². The summed E-state index contributed by atoms with van der Waals surface area (Å²) in [7, 11) is 0. The van der Waals surface area contributed by atoms with Crippen LogP contribution in [0.25, 0.3) is 11.3 Å². The summed E-state index contributed by atoms with van der Waals surface area (Å²) in [5.74, 6) is -0.885. The third-order valence-electron chi connectivity index (χ3n) is 4.57. The van der Waals surface area contributed by atoms with E-state index in [0.29, 0.717) is 11.7 Å². The number of hydrogen-bond donors (Lipinski definition) is 2. The predicted octanol–water partition coefficient (Wildman–Crippen LogP) is 3.44. The largest absolute Gasteiger partial charge is 0.354 e. The molecular formula is C19H20ClN7O. The highest BCUT2D eigenvalue weighted by Gasteiger charge is 2.26. The summed E-state index contributed by atoms with van der Waals surface area (Å²) >= 11 is 5.98. The van der Waals surface area contributed by atoms with Crippen LogP contribution in [0.1, 0.15) is 44.6 Å². The number of rotatable bonds is 5. The molecule has 1 amide bonds. The van der Waals surface area contributed by atoms with Gasteiger partial charge < -0.3 is 10.6 Å². The summed E-state index contributed by atoms with van der Waals surface area (Å²) < 4.78 is 21.8. The lowest BCUT2D eigenvalue weighted by molar-refractivity contribution is 0.0958. The standard InChI is InChI=1S/C19H20ClN7O/c1-10-6-13(16-9-22-27(26-16)12-4-5-12)11(2)14(7-10)23-15-8-17(20)24-25-18(15)19(28)21-3/h6-9,12H,4-5H2,1-3H3,(H,21,28)(H,23,24)/i3D3. The molecule has 1 saturated carbocycles. The molecule has 3 aromatic rings. The van der Waals surface area contributed by atoms with Crippen LogP contribution >= 0.6 is 11.6 Å². The van der Waals surface area contributed by atoms with Crippen molar-refractivity contribution in [1.82, 2.24) is 30.5 Å². The van der Waals surface area contributed by atoms with Crippen molar-refractivity contribution in [1.29, 1.82) is 0 Å². The minimum absolute atomic E-state index is 0.0610. The topological polar surface area (TPSA) is 97.6 Å². The molecule has 0 spiro atoms. The van der Waals surface area contributed by atoms with Crippen LogP contribution in [0.5, 0.6) is 0 Å². The summed E-state index contributed by atoms with van der Waals surface area (Å²) in [6.07, 6.45) is 3.92. The number of hydrogen-bond acceptors (Lipinski definition) is 6. The van der Waals surface area contributed by atoms with Crippen LogP contribution in [0.15, 0.2) is 24.4 Å². The van der Waals surface area contributed by atoms with Gasteiger partial charge >= 0.3 is 0 Å². The number of halogens is 1. The predicted molar refractivity (Wildman–Crippen MR) is 107 cm³/mol. The maximum atomic E-state index is 12.4. The molecule has 2 aromatic heterocycles. The lowest BCUT2D eigenvalue weighted by Crippen LogP contribution is -2.21. The van der Waals surface area contributed by atoms with E-state index in [4.69, 9.17) is 15.7 Å². The van der Waals surface area contributed by atoms with Crippen molar-refractivity contribution >= 4 is 28.9 Å². The van der Waals surface area contributed by atoms with Gasteiger partial charge in [0.05, 0.1) is 17.9 Å². The molecule has 0 unspecified atom stereocenters. The van der Waals surface area contributed by atoms with Gasteiger partial charge in [-0.1, -0.05) is 11.6 Å². The molecule has 2 heterocycles. The Labute approximate surface area is 171 Å². The highest BCUT2D eigenvalue weighted by molar-refractivity contribution is 6.29. The molecule has 1 fully saturated rings. The molecular weight excluding hydrogens is 378 g/mol. The number of aryl methyl sites for hydroxylation is 1. The van der Waals surface area contributed by atoms with Crippen LogP contribution in [0.3, 0.4) is 0 Å². The molecule has 8 nitrogen and oxygen atoms in total. The Morgan fingerprint density at radius 1 is 1.25 bits per heavy atom. The fourth-order valence-electron chi connectivity index (χ4n) is 2.97. The molecule has 0 aliphatic heterocycles. The fourth-order valence-corrected chi connectivity index (χ4v) is 3.12. The average Bonchev–Trinajstić information content (AvgIpc) is 3.40. The number of carbonyl (C=O) groups is 1. The number of anilines is 2. The van der Waals surface area contributed by atoms with Gasteiger partial charge in [-0.25, -0.2) is 0 Å². The zero-order chi connectivity index (χ0) is 22.3. The summed E-state index contributed by atoms with van der Waals surface area (Å²) in [4.78, 5) is 14.2. The zero-order valence-corrected chi connectivity index (χ0v) is 16.1. The van der Waals surface area contributed by atoms with Gasteiger partial charge in [0.25, 0.3) is 5.91 Å². The van der Waals surface area contributed by atoms with E-state index in [2.05, 4.69) is 25.7 Å². The van der Waals surface area contributed by atoms with Crippen molar-refractivity contribution in [2.75, 3.05) is 12.3 Å². The van der Waals surface area contributed by atoms with E-state index in [0.717, 1.165) is 35.2 Å². The lowest BCUT2D eigenvalue weighted by atomic mass is 10.0. The molecule has 1 aliphatic carbocycles. The third kappa shape index (κ3) is 3.55. The van der Waals surface area contributed by atoms with Crippen LogP contribution in [-0.4, -0.2) is 38.1 Å². The molecule has 2 N–H and O–H groups in total. The van der Waals surface area contributed by atoms with Gasteiger partial charge in [0, 0.05) is 28.4 Å². The SMILES string of the molecule is [2H]C([2H])([2H])NC(=O)c1nnc(Cl)cc1Nc1cc(C)cc(-c2cnn(C3CC3)n2)c1C. The second-order valence-electron chi connectivity index (χ2n) is 6.77.